The van der Waals surface area contributed by atoms with Gasteiger partial charge in [-0.25, -0.2) is 9.59 Å². The molecular weight excluding hydrogens is 660 g/mol. The van der Waals surface area contributed by atoms with E-state index in [4.69, 9.17) is 28.4 Å². The number of ether oxygens (including phenoxy) is 6. The maximum Gasteiger partial charge on any atom is 0.330 e. The maximum absolute atomic E-state index is 13.0. The average Bonchev–Trinajstić information content (AvgIpc) is 3.15. The molecule has 0 unspecified atom stereocenters. The smallest absolute Gasteiger partial charge is 0.330 e. The zero-order valence-corrected chi connectivity index (χ0v) is 31.3. The lowest BCUT2D eigenvalue weighted by Gasteiger charge is -2.31. The van der Waals surface area contributed by atoms with Crippen molar-refractivity contribution >= 4 is 23.9 Å². The summed E-state index contributed by atoms with van der Waals surface area (Å²) < 4.78 is 32.9. The Labute approximate surface area is 305 Å². The molecular formula is C37H64N4O10. The molecule has 0 aromatic rings. The second-order valence-electron chi connectivity index (χ2n) is 13.2. The van der Waals surface area contributed by atoms with Crippen molar-refractivity contribution in [3.05, 3.63) is 25.3 Å². The Hall–Kier alpha value is -2.88. The molecule has 0 spiro atoms. The Bertz CT molecular complexity index is 953. The van der Waals surface area contributed by atoms with Crippen LogP contribution in [0.15, 0.2) is 25.3 Å². The molecule has 0 radical (unpaired) electrons. The number of esters is 4. The number of rotatable bonds is 28. The van der Waals surface area contributed by atoms with Crippen LogP contribution in [-0.4, -0.2) is 175 Å². The van der Waals surface area contributed by atoms with Gasteiger partial charge in [0.1, 0.15) is 31.8 Å². The van der Waals surface area contributed by atoms with Gasteiger partial charge in [0.15, 0.2) is 0 Å². The zero-order valence-electron chi connectivity index (χ0n) is 31.3. The third kappa shape index (κ3) is 20.1. The SMILES string of the molecule is C=CC(=O)OCC(COC(=O)C=C)(COC(=O)CCN(CCC)CCCN1CCOCC1)COC(=O)CCN(CCC)CCCN1CCOCC1. The first kappa shape index (κ1) is 44.3. The fourth-order valence-corrected chi connectivity index (χ4v) is 5.92. The summed E-state index contributed by atoms with van der Waals surface area (Å²) in [6.45, 7) is 23.0. The molecule has 14 nitrogen and oxygen atoms in total. The number of hydrogen-bond acceptors (Lipinski definition) is 14. The van der Waals surface area contributed by atoms with Crippen molar-refractivity contribution in [3.8, 4) is 0 Å². The lowest BCUT2D eigenvalue weighted by atomic mass is 9.92. The normalized spacial score (nSPS) is 15.8. The Kier molecular flexibility index (Phi) is 23.3. The summed E-state index contributed by atoms with van der Waals surface area (Å²) in [5.74, 6) is -2.35. The van der Waals surface area contributed by atoms with E-state index in [1.807, 2.05) is 0 Å². The Morgan fingerprint density at radius 2 is 0.980 bits per heavy atom. The summed E-state index contributed by atoms with van der Waals surface area (Å²) >= 11 is 0. The summed E-state index contributed by atoms with van der Waals surface area (Å²) in [7, 11) is 0. The molecule has 51 heavy (non-hydrogen) atoms. The molecule has 2 saturated heterocycles. The minimum absolute atomic E-state index is 0.144. The van der Waals surface area contributed by atoms with Gasteiger partial charge in [0.05, 0.1) is 39.3 Å². The zero-order chi connectivity index (χ0) is 37.2. The van der Waals surface area contributed by atoms with Crippen molar-refractivity contribution in [2.75, 3.05) is 131 Å². The van der Waals surface area contributed by atoms with Gasteiger partial charge >= 0.3 is 23.9 Å². The average molecular weight is 725 g/mol. The van der Waals surface area contributed by atoms with Crippen LogP contribution in [-0.2, 0) is 47.6 Å². The van der Waals surface area contributed by atoms with Crippen molar-refractivity contribution in [1.82, 2.24) is 19.6 Å². The molecule has 292 valence electrons. The number of morpholine rings is 2. The van der Waals surface area contributed by atoms with E-state index in [0.717, 1.165) is 130 Å². The number of carbonyl (C=O) groups excluding carboxylic acids is 4. The molecule has 2 aliphatic rings. The van der Waals surface area contributed by atoms with E-state index >= 15 is 0 Å². The Morgan fingerprint density at radius 1 is 0.608 bits per heavy atom. The third-order valence-electron chi connectivity index (χ3n) is 8.90. The molecule has 0 aliphatic carbocycles. The predicted octanol–water partition coefficient (Wildman–Crippen LogP) is 2.17. The van der Waals surface area contributed by atoms with Gasteiger partial charge in [0, 0.05) is 51.4 Å². The summed E-state index contributed by atoms with van der Waals surface area (Å²) in [4.78, 5) is 59.5. The van der Waals surface area contributed by atoms with Gasteiger partial charge in [-0.2, -0.15) is 0 Å². The second kappa shape index (κ2) is 26.8. The summed E-state index contributed by atoms with van der Waals surface area (Å²) in [5, 5.41) is 0. The maximum atomic E-state index is 13.0. The number of hydrogen-bond donors (Lipinski definition) is 0. The van der Waals surface area contributed by atoms with Gasteiger partial charge in [-0.15, -0.1) is 0 Å². The largest absolute Gasteiger partial charge is 0.465 e. The summed E-state index contributed by atoms with van der Waals surface area (Å²) in [6, 6.07) is 0. The van der Waals surface area contributed by atoms with E-state index in [-0.39, 0.29) is 39.3 Å². The van der Waals surface area contributed by atoms with E-state index in [9.17, 15) is 19.2 Å². The molecule has 0 atom stereocenters. The van der Waals surface area contributed by atoms with Gasteiger partial charge in [0.2, 0.25) is 0 Å². The van der Waals surface area contributed by atoms with Gasteiger partial charge in [-0.3, -0.25) is 19.4 Å². The summed E-state index contributed by atoms with van der Waals surface area (Å²) in [5.41, 5.74) is -1.34. The van der Waals surface area contributed by atoms with Crippen LogP contribution in [0.1, 0.15) is 52.4 Å². The first-order valence-electron chi connectivity index (χ1n) is 18.7. The standard InChI is InChI=1S/C37H64N4O10/c1-5-13-38(15-9-17-40-21-25-46-26-22-40)19-11-35(44)50-31-37(29-48-33(42)7-3,30-49-34(43)8-4)32-51-36(45)12-20-39(14-6-2)16-10-18-41-23-27-47-28-24-41/h7-8H,3-6,9-32H2,1-2H3. The second-order valence-corrected chi connectivity index (χ2v) is 13.2. The van der Waals surface area contributed by atoms with Crippen LogP contribution in [0.2, 0.25) is 0 Å². The van der Waals surface area contributed by atoms with Gasteiger partial charge in [-0.05, 0) is 65.0 Å². The van der Waals surface area contributed by atoms with Crippen LogP contribution >= 0.6 is 0 Å². The van der Waals surface area contributed by atoms with Crippen LogP contribution in [0.4, 0.5) is 0 Å². The van der Waals surface area contributed by atoms with E-state index in [2.05, 4.69) is 46.6 Å². The molecule has 0 amide bonds. The molecule has 2 rings (SSSR count). The highest BCUT2D eigenvalue weighted by molar-refractivity contribution is 5.81. The molecule has 2 heterocycles. The lowest BCUT2D eigenvalue weighted by Crippen LogP contribution is -2.44. The highest BCUT2D eigenvalue weighted by Gasteiger charge is 2.38. The van der Waals surface area contributed by atoms with Crippen molar-refractivity contribution in [1.29, 1.82) is 0 Å². The molecule has 14 heteroatoms. The van der Waals surface area contributed by atoms with Crippen LogP contribution in [0.5, 0.6) is 0 Å². The van der Waals surface area contributed by atoms with E-state index in [1.165, 1.54) is 0 Å². The summed E-state index contributed by atoms with van der Waals surface area (Å²) in [6.07, 6.45) is 6.16. The first-order chi connectivity index (χ1) is 24.7. The van der Waals surface area contributed by atoms with Crippen LogP contribution in [0, 0.1) is 5.41 Å². The quantitative estimate of drug-likeness (QED) is 0.0662. The third-order valence-corrected chi connectivity index (χ3v) is 8.90. The van der Waals surface area contributed by atoms with Gasteiger partial charge in [-0.1, -0.05) is 27.0 Å². The van der Waals surface area contributed by atoms with Gasteiger partial charge < -0.3 is 38.2 Å². The van der Waals surface area contributed by atoms with Crippen molar-refractivity contribution < 1.29 is 47.6 Å². The molecule has 2 fully saturated rings. The minimum Gasteiger partial charge on any atom is -0.465 e. The van der Waals surface area contributed by atoms with Crippen LogP contribution in [0.3, 0.4) is 0 Å². The number of nitrogens with zero attached hydrogens (tertiary/aromatic N) is 4. The van der Waals surface area contributed by atoms with Crippen LogP contribution < -0.4 is 0 Å². The van der Waals surface area contributed by atoms with E-state index in [1.54, 1.807) is 0 Å². The molecule has 2 aliphatic heterocycles. The van der Waals surface area contributed by atoms with E-state index < -0.39 is 29.3 Å². The van der Waals surface area contributed by atoms with E-state index in [0.29, 0.717) is 13.1 Å². The molecule has 0 saturated carbocycles. The fourth-order valence-electron chi connectivity index (χ4n) is 5.92. The highest BCUT2D eigenvalue weighted by Crippen LogP contribution is 2.22. The molecule has 0 bridgehead atoms. The van der Waals surface area contributed by atoms with Crippen molar-refractivity contribution in [3.63, 3.8) is 0 Å². The lowest BCUT2D eigenvalue weighted by molar-refractivity contribution is -0.168. The topological polar surface area (TPSA) is 137 Å². The molecule has 0 aromatic heterocycles. The minimum atomic E-state index is -1.34. The van der Waals surface area contributed by atoms with Gasteiger partial charge in [0.25, 0.3) is 0 Å². The predicted molar refractivity (Wildman–Crippen MR) is 193 cm³/mol. The van der Waals surface area contributed by atoms with Crippen molar-refractivity contribution in [2.24, 2.45) is 5.41 Å². The Balaban J connectivity index is 1.97. The monoisotopic (exact) mass is 724 g/mol. The van der Waals surface area contributed by atoms with Crippen LogP contribution in [0.25, 0.3) is 0 Å². The molecule has 0 N–H and O–H groups in total. The highest BCUT2D eigenvalue weighted by atomic mass is 16.6. The fraction of sp³-hybridized carbons (Fsp3) is 0.784. The first-order valence-corrected chi connectivity index (χ1v) is 18.7. The molecule has 0 aromatic carbocycles. The Morgan fingerprint density at radius 3 is 1.33 bits per heavy atom. The number of carbonyl (C=O) groups is 4. The van der Waals surface area contributed by atoms with Crippen molar-refractivity contribution in [2.45, 2.75) is 52.4 Å².